The average molecular weight is 525 g/mol. The lowest BCUT2D eigenvalue weighted by Gasteiger charge is -2.17. The molecule has 0 bridgehead atoms. The number of ether oxygens (including phenoxy) is 2. The Bertz CT molecular complexity index is 1580. The average Bonchev–Trinajstić information content (AvgIpc) is 2.90. The van der Waals surface area contributed by atoms with Crippen molar-refractivity contribution in [1.82, 2.24) is 0 Å². The van der Waals surface area contributed by atoms with Gasteiger partial charge in [-0.1, -0.05) is 54.1 Å². The second kappa shape index (κ2) is 11.9. The number of carbonyl (C=O) groups is 1. The highest BCUT2D eigenvalue weighted by Crippen LogP contribution is 2.38. The lowest BCUT2D eigenvalue weighted by Crippen LogP contribution is -2.13. The summed E-state index contributed by atoms with van der Waals surface area (Å²) in [4.78, 5) is 12.8. The van der Waals surface area contributed by atoms with E-state index >= 15 is 0 Å². The van der Waals surface area contributed by atoms with Crippen LogP contribution in [0.25, 0.3) is 16.8 Å². The van der Waals surface area contributed by atoms with Gasteiger partial charge in [-0.3, -0.25) is 4.79 Å². The Morgan fingerprint density at radius 2 is 1.74 bits per heavy atom. The predicted octanol–water partition coefficient (Wildman–Crippen LogP) is 7.94. The van der Waals surface area contributed by atoms with Crippen LogP contribution in [0, 0.1) is 32.1 Å². The molecule has 4 aromatic carbocycles. The minimum atomic E-state index is -0.503. The fraction of sp³-hybridized carbons (Fsp3) is 0.188. The van der Waals surface area contributed by atoms with E-state index in [9.17, 15) is 10.1 Å². The third-order valence-electron chi connectivity index (χ3n) is 6.41. The van der Waals surface area contributed by atoms with Gasteiger partial charge < -0.3 is 14.8 Å². The number of carbonyl (C=O) groups excluding carboxylic acids is 1. The van der Waals surface area contributed by atoms with E-state index in [0.717, 1.165) is 33.0 Å². The Balaban J connectivity index is 1.61. The number of halogens is 1. The molecule has 0 unspecified atom stereocenters. The van der Waals surface area contributed by atoms with Gasteiger partial charge in [0, 0.05) is 11.3 Å². The molecule has 0 spiro atoms. The molecule has 4 aromatic rings. The molecule has 0 aromatic heterocycles. The van der Waals surface area contributed by atoms with Crippen molar-refractivity contribution < 1.29 is 14.3 Å². The fourth-order valence-corrected chi connectivity index (χ4v) is 4.46. The van der Waals surface area contributed by atoms with Gasteiger partial charge in [0.15, 0.2) is 11.5 Å². The van der Waals surface area contributed by atoms with Crippen LogP contribution in [0.1, 0.15) is 34.7 Å². The van der Waals surface area contributed by atoms with Crippen molar-refractivity contribution in [2.24, 2.45) is 0 Å². The first-order chi connectivity index (χ1) is 18.3. The van der Waals surface area contributed by atoms with Gasteiger partial charge in [0.05, 0.1) is 11.6 Å². The number of nitriles is 1. The van der Waals surface area contributed by atoms with E-state index in [-0.39, 0.29) is 5.57 Å². The summed E-state index contributed by atoms with van der Waals surface area (Å²) < 4.78 is 12.0. The summed E-state index contributed by atoms with van der Waals surface area (Å²) >= 11 is 6.65. The van der Waals surface area contributed by atoms with Crippen LogP contribution in [0.5, 0.6) is 11.5 Å². The molecule has 38 heavy (non-hydrogen) atoms. The first-order valence-corrected chi connectivity index (χ1v) is 12.7. The molecule has 1 amide bonds. The molecule has 0 saturated carbocycles. The first-order valence-electron chi connectivity index (χ1n) is 12.4. The Kier molecular flexibility index (Phi) is 8.35. The maximum absolute atomic E-state index is 12.8. The predicted molar refractivity (Wildman–Crippen MR) is 154 cm³/mol. The van der Waals surface area contributed by atoms with Crippen LogP contribution < -0.4 is 14.8 Å². The van der Waals surface area contributed by atoms with Crippen molar-refractivity contribution in [3.05, 3.63) is 105 Å². The van der Waals surface area contributed by atoms with Crippen LogP contribution in [0.3, 0.4) is 0 Å². The van der Waals surface area contributed by atoms with Crippen LogP contribution in [0.15, 0.2) is 72.3 Å². The van der Waals surface area contributed by atoms with Crippen LogP contribution in [-0.2, 0) is 11.4 Å². The SMILES string of the molecule is CCOc1cc(/C=C(\C#N)C(=O)Nc2ccc(C)c(C)c2)cc(Cl)c1OCc1c(C)ccc2ccccc12. The van der Waals surface area contributed by atoms with Crippen molar-refractivity contribution in [2.75, 3.05) is 11.9 Å². The van der Waals surface area contributed by atoms with E-state index in [1.165, 1.54) is 6.08 Å². The number of rotatable bonds is 8. The minimum absolute atomic E-state index is 0.0539. The molecule has 0 radical (unpaired) electrons. The molecule has 6 heteroatoms. The number of amides is 1. The van der Waals surface area contributed by atoms with Crippen molar-refractivity contribution in [2.45, 2.75) is 34.3 Å². The van der Waals surface area contributed by atoms with Crippen molar-refractivity contribution in [3.63, 3.8) is 0 Å². The molecule has 4 rings (SSSR count). The Labute approximate surface area is 228 Å². The Morgan fingerprint density at radius 1 is 0.974 bits per heavy atom. The molecular formula is C32H29ClN2O3. The number of hydrogen-bond donors (Lipinski definition) is 1. The highest BCUT2D eigenvalue weighted by Gasteiger charge is 2.16. The molecule has 0 aliphatic carbocycles. The largest absolute Gasteiger partial charge is 0.490 e. The highest BCUT2D eigenvalue weighted by molar-refractivity contribution is 6.32. The minimum Gasteiger partial charge on any atom is -0.490 e. The third kappa shape index (κ3) is 5.99. The maximum atomic E-state index is 12.8. The lowest BCUT2D eigenvalue weighted by molar-refractivity contribution is -0.112. The van der Waals surface area contributed by atoms with Gasteiger partial charge in [-0.05, 0) is 91.1 Å². The number of benzene rings is 4. The monoisotopic (exact) mass is 524 g/mol. The Hall–Kier alpha value is -4.27. The summed E-state index contributed by atoms with van der Waals surface area (Å²) in [6, 6.07) is 23.3. The van der Waals surface area contributed by atoms with Crippen LogP contribution in [0.2, 0.25) is 5.02 Å². The molecule has 0 aliphatic rings. The summed E-state index contributed by atoms with van der Waals surface area (Å²) in [6.45, 7) is 8.59. The topological polar surface area (TPSA) is 71.3 Å². The van der Waals surface area contributed by atoms with Crippen molar-refractivity contribution in [1.29, 1.82) is 5.26 Å². The number of anilines is 1. The van der Waals surface area contributed by atoms with E-state index in [4.69, 9.17) is 21.1 Å². The van der Waals surface area contributed by atoms with E-state index < -0.39 is 5.91 Å². The molecule has 0 heterocycles. The van der Waals surface area contributed by atoms with Crippen LogP contribution >= 0.6 is 11.6 Å². The molecular weight excluding hydrogens is 496 g/mol. The Morgan fingerprint density at radius 3 is 2.47 bits per heavy atom. The van der Waals surface area contributed by atoms with Crippen molar-refractivity contribution in [3.8, 4) is 17.6 Å². The first kappa shape index (κ1) is 26.8. The zero-order valence-corrected chi connectivity index (χ0v) is 22.6. The second-order valence-corrected chi connectivity index (χ2v) is 9.46. The number of aryl methyl sites for hydroxylation is 3. The van der Waals surface area contributed by atoms with Gasteiger partial charge in [-0.15, -0.1) is 0 Å². The molecule has 1 N–H and O–H groups in total. The zero-order chi connectivity index (χ0) is 27.2. The van der Waals surface area contributed by atoms with E-state index in [1.54, 1.807) is 12.1 Å². The standard InChI is InChI=1S/C32H29ClN2O3/c1-5-37-30-17-23(15-25(18-34)32(36)35-26-13-11-20(2)22(4)14-26)16-29(33)31(30)38-19-28-21(3)10-12-24-8-6-7-9-27(24)28/h6-17H,5,19H2,1-4H3,(H,35,36)/b25-15+. The number of nitrogens with one attached hydrogen (secondary N) is 1. The maximum Gasteiger partial charge on any atom is 0.266 e. The van der Waals surface area contributed by atoms with Gasteiger partial charge in [-0.25, -0.2) is 0 Å². The summed E-state index contributed by atoms with van der Waals surface area (Å²) in [7, 11) is 0. The van der Waals surface area contributed by atoms with E-state index in [0.29, 0.717) is 41.0 Å². The summed E-state index contributed by atoms with van der Waals surface area (Å²) in [5.41, 5.74) is 5.48. The quantitative estimate of drug-likeness (QED) is 0.187. The highest BCUT2D eigenvalue weighted by atomic mass is 35.5. The molecule has 0 saturated heterocycles. The summed E-state index contributed by atoms with van der Waals surface area (Å²) in [5, 5.41) is 15.1. The summed E-state index contributed by atoms with van der Waals surface area (Å²) in [6.07, 6.45) is 1.49. The van der Waals surface area contributed by atoms with Gasteiger partial charge >= 0.3 is 0 Å². The number of hydrogen-bond acceptors (Lipinski definition) is 4. The van der Waals surface area contributed by atoms with Crippen LogP contribution in [0.4, 0.5) is 5.69 Å². The normalized spacial score (nSPS) is 11.2. The van der Waals surface area contributed by atoms with Gasteiger partial charge in [-0.2, -0.15) is 5.26 Å². The van der Waals surface area contributed by atoms with Gasteiger partial charge in [0.25, 0.3) is 5.91 Å². The van der Waals surface area contributed by atoms with Gasteiger partial charge in [0.2, 0.25) is 0 Å². The summed E-state index contributed by atoms with van der Waals surface area (Å²) in [5.74, 6) is 0.351. The molecule has 0 atom stereocenters. The smallest absolute Gasteiger partial charge is 0.266 e. The third-order valence-corrected chi connectivity index (χ3v) is 6.69. The number of nitrogens with zero attached hydrogens (tertiary/aromatic N) is 1. The lowest BCUT2D eigenvalue weighted by atomic mass is 10.0. The van der Waals surface area contributed by atoms with Crippen molar-refractivity contribution >= 4 is 40.0 Å². The molecule has 0 aliphatic heterocycles. The molecule has 0 fully saturated rings. The second-order valence-electron chi connectivity index (χ2n) is 9.06. The zero-order valence-electron chi connectivity index (χ0n) is 21.9. The van der Waals surface area contributed by atoms with E-state index in [1.807, 2.05) is 57.2 Å². The van der Waals surface area contributed by atoms with Gasteiger partial charge in [0.1, 0.15) is 18.2 Å². The number of fused-ring (bicyclic) bond motifs is 1. The van der Waals surface area contributed by atoms with Crippen LogP contribution in [-0.4, -0.2) is 12.5 Å². The van der Waals surface area contributed by atoms with E-state index in [2.05, 4.69) is 36.5 Å². The molecule has 192 valence electrons. The fourth-order valence-electron chi connectivity index (χ4n) is 4.19. The molecule has 5 nitrogen and oxygen atoms in total.